The highest BCUT2D eigenvalue weighted by atomic mass is 32.1. The van der Waals surface area contributed by atoms with Crippen LogP contribution in [0, 0.1) is 0 Å². The molecule has 0 bridgehead atoms. The molecular weight excluding hydrogens is 649 g/mol. The summed E-state index contributed by atoms with van der Waals surface area (Å²) in [5.74, 6) is 0. The number of furan rings is 2. The van der Waals surface area contributed by atoms with Crippen molar-refractivity contribution in [2.75, 3.05) is 0 Å². The third-order valence-corrected chi connectivity index (χ3v) is 12.7. The predicted molar refractivity (Wildman–Crippen MR) is 215 cm³/mol. The molecule has 0 unspecified atom stereocenters. The molecule has 4 aromatic heterocycles. The second kappa shape index (κ2) is 9.82. The second-order valence-electron chi connectivity index (χ2n) is 13.1. The van der Waals surface area contributed by atoms with E-state index in [1.54, 1.807) is 0 Å². The first kappa shape index (κ1) is 26.9. The highest BCUT2D eigenvalue weighted by molar-refractivity contribution is 7.27. The van der Waals surface area contributed by atoms with Gasteiger partial charge in [0.2, 0.25) is 0 Å². The lowest BCUT2D eigenvalue weighted by Gasteiger charge is -2.18. The maximum atomic E-state index is 6.69. The Kier molecular flexibility index (Phi) is 5.29. The zero-order valence-corrected chi connectivity index (χ0v) is 28.1. The Balaban J connectivity index is 1.15. The third kappa shape index (κ3) is 3.51. The minimum atomic E-state index is 0.798. The zero-order chi connectivity index (χ0) is 32.5. The van der Waals surface area contributed by atoms with Gasteiger partial charge in [-0.15, -0.1) is 22.7 Å². The molecule has 0 amide bonds. The van der Waals surface area contributed by atoms with Gasteiger partial charge in [0.1, 0.15) is 11.2 Å². The molecule has 232 valence electrons. The Morgan fingerprint density at radius 3 is 1.78 bits per heavy atom. The van der Waals surface area contributed by atoms with Crippen molar-refractivity contribution in [2.45, 2.75) is 0 Å². The number of rotatable bonds is 2. The van der Waals surface area contributed by atoms with E-state index >= 15 is 0 Å². The van der Waals surface area contributed by atoms with E-state index in [9.17, 15) is 0 Å². The molecule has 0 radical (unpaired) electrons. The van der Waals surface area contributed by atoms with Crippen molar-refractivity contribution < 1.29 is 8.83 Å². The maximum Gasteiger partial charge on any atom is 0.178 e. The molecule has 0 saturated heterocycles. The summed E-state index contributed by atoms with van der Waals surface area (Å²) in [6, 6.07) is 50.8. The molecule has 12 rings (SSSR count). The Bertz CT molecular complexity index is 3330. The van der Waals surface area contributed by atoms with E-state index in [1.807, 2.05) is 34.8 Å². The number of hydrogen-bond acceptors (Lipinski definition) is 4. The first-order valence-corrected chi connectivity index (χ1v) is 18.5. The fourth-order valence-corrected chi connectivity index (χ4v) is 10.6. The molecule has 0 spiro atoms. The smallest absolute Gasteiger partial charge is 0.178 e. The Labute approximate surface area is 293 Å². The molecule has 4 heteroatoms. The van der Waals surface area contributed by atoms with Crippen LogP contribution in [0.5, 0.6) is 0 Å². The summed E-state index contributed by atoms with van der Waals surface area (Å²) in [5, 5.41) is 15.5. The first-order chi connectivity index (χ1) is 24.8. The molecule has 8 aromatic carbocycles. The van der Waals surface area contributed by atoms with Crippen LogP contribution >= 0.6 is 22.7 Å². The molecule has 0 aliphatic heterocycles. The number of hydrogen-bond donors (Lipinski definition) is 0. The van der Waals surface area contributed by atoms with E-state index in [-0.39, 0.29) is 0 Å². The van der Waals surface area contributed by atoms with Gasteiger partial charge in [0.25, 0.3) is 0 Å². The monoisotopic (exact) mass is 672 g/mol. The van der Waals surface area contributed by atoms with Gasteiger partial charge in [0.05, 0.1) is 0 Å². The van der Waals surface area contributed by atoms with Crippen LogP contribution in [0.2, 0.25) is 0 Å². The number of para-hydroxylation sites is 1. The summed E-state index contributed by atoms with van der Waals surface area (Å²) in [7, 11) is 0. The number of thiophene rings is 2. The molecule has 0 saturated carbocycles. The van der Waals surface area contributed by atoms with E-state index in [0.29, 0.717) is 0 Å². The van der Waals surface area contributed by atoms with Gasteiger partial charge >= 0.3 is 0 Å². The fraction of sp³-hybridized carbons (Fsp3) is 0. The number of fused-ring (bicyclic) bond motifs is 14. The van der Waals surface area contributed by atoms with E-state index in [1.165, 1.54) is 68.5 Å². The Morgan fingerprint density at radius 1 is 0.400 bits per heavy atom. The van der Waals surface area contributed by atoms with Crippen LogP contribution < -0.4 is 0 Å². The molecule has 0 fully saturated rings. The maximum absolute atomic E-state index is 6.69. The molecular formula is C46H24O2S2. The normalized spacial score (nSPS) is 12.4. The minimum Gasteiger partial charge on any atom is -0.452 e. The van der Waals surface area contributed by atoms with Crippen molar-refractivity contribution in [1.82, 2.24) is 0 Å². The van der Waals surface area contributed by atoms with Gasteiger partial charge in [-0.3, -0.25) is 0 Å². The first-order valence-electron chi connectivity index (χ1n) is 16.8. The quantitative estimate of drug-likeness (QED) is 0.171. The van der Waals surface area contributed by atoms with Crippen LogP contribution in [0.25, 0.3) is 118 Å². The van der Waals surface area contributed by atoms with Crippen LogP contribution in [0.4, 0.5) is 0 Å². The van der Waals surface area contributed by atoms with Gasteiger partial charge in [-0.2, -0.15) is 0 Å². The van der Waals surface area contributed by atoms with Crippen molar-refractivity contribution in [3.05, 3.63) is 145 Å². The fourth-order valence-electron chi connectivity index (χ4n) is 8.44. The van der Waals surface area contributed by atoms with Crippen molar-refractivity contribution in [3.63, 3.8) is 0 Å². The highest BCUT2D eigenvalue weighted by Crippen LogP contribution is 2.49. The van der Waals surface area contributed by atoms with Gasteiger partial charge < -0.3 is 8.83 Å². The van der Waals surface area contributed by atoms with Gasteiger partial charge in [-0.05, 0) is 97.7 Å². The van der Waals surface area contributed by atoms with Crippen LogP contribution in [0.3, 0.4) is 0 Å². The molecule has 0 aliphatic rings. The molecule has 4 heterocycles. The van der Waals surface area contributed by atoms with Crippen LogP contribution in [-0.2, 0) is 0 Å². The van der Waals surface area contributed by atoms with Crippen molar-refractivity contribution in [1.29, 1.82) is 0 Å². The second-order valence-corrected chi connectivity index (χ2v) is 15.1. The van der Waals surface area contributed by atoms with Crippen molar-refractivity contribution in [3.8, 4) is 22.3 Å². The topological polar surface area (TPSA) is 26.3 Å². The van der Waals surface area contributed by atoms with E-state index < -0.39 is 0 Å². The lowest BCUT2D eigenvalue weighted by molar-refractivity contribution is 0.633. The summed E-state index contributed by atoms with van der Waals surface area (Å²) < 4.78 is 17.1. The van der Waals surface area contributed by atoms with Crippen LogP contribution in [-0.4, -0.2) is 0 Å². The third-order valence-electron chi connectivity index (χ3n) is 10.6. The van der Waals surface area contributed by atoms with Crippen molar-refractivity contribution in [2.24, 2.45) is 0 Å². The highest BCUT2D eigenvalue weighted by Gasteiger charge is 2.22. The lowest BCUT2D eigenvalue weighted by Crippen LogP contribution is -1.91. The van der Waals surface area contributed by atoms with Crippen LogP contribution in [0.15, 0.2) is 154 Å². The molecule has 0 N–H and O–H groups in total. The van der Waals surface area contributed by atoms with E-state index in [4.69, 9.17) is 8.83 Å². The zero-order valence-electron chi connectivity index (χ0n) is 26.5. The molecule has 50 heavy (non-hydrogen) atoms. The molecule has 0 atom stereocenters. The molecule has 2 nitrogen and oxygen atoms in total. The Morgan fingerprint density at radius 2 is 1.02 bits per heavy atom. The van der Waals surface area contributed by atoms with Gasteiger partial charge in [-0.1, -0.05) is 91.0 Å². The van der Waals surface area contributed by atoms with Gasteiger partial charge in [0, 0.05) is 51.8 Å². The van der Waals surface area contributed by atoms with E-state index in [0.717, 1.165) is 49.4 Å². The van der Waals surface area contributed by atoms with Gasteiger partial charge in [-0.25, -0.2) is 0 Å². The van der Waals surface area contributed by atoms with E-state index in [2.05, 4.69) is 133 Å². The average molecular weight is 673 g/mol. The minimum absolute atomic E-state index is 0.798. The van der Waals surface area contributed by atoms with Gasteiger partial charge in [0.15, 0.2) is 11.2 Å². The summed E-state index contributed by atoms with van der Waals surface area (Å²) in [6.45, 7) is 0. The summed E-state index contributed by atoms with van der Waals surface area (Å²) in [6.07, 6.45) is 0. The number of benzene rings is 8. The molecule has 0 aliphatic carbocycles. The predicted octanol–water partition coefficient (Wildman–Crippen LogP) is 14.7. The summed E-state index contributed by atoms with van der Waals surface area (Å²) in [4.78, 5) is 0. The summed E-state index contributed by atoms with van der Waals surface area (Å²) >= 11 is 3.72. The average Bonchev–Trinajstić information content (AvgIpc) is 3.95. The Hall–Kier alpha value is -5.94. The SMILES string of the molecule is c1ccc2c(c1)oc1c2ccc2c3ccc(-c4c5ccccc5c(-c5cccc6sc7c8ccsc8ccc7c56)c5ccccc45)cc3oc21. The lowest BCUT2D eigenvalue weighted by atomic mass is 9.85. The van der Waals surface area contributed by atoms with Crippen LogP contribution in [0.1, 0.15) is 0 Å². The van der Waals surface area contributed by atoms with Crippen molar-refractivity contribution >= 4 is 118 Å². The summed E-state index contributed by atoms with van der Waals surface area (Å²) in [5.41, 5.74) is 8.26. The largest absolute Gasteiger partial charge is 0.452 e. The standard InChI is InChI=1S/C46H24O2S2/c1-3-11-30-28(9-1)41(25-16-17-27-33-19-18-32-26-8-5-6-14-37(26)47-44(32)45(33)48-38(27)24-25)29-10-2-4-12-31(29)42(30)35-13-7-15-40-43(35)36-20-21-39-34(22-23-49-39)46(36)50-40/h1-24H. The molecule has 12 aromatic rings.